The largest absolute Gasteiger partial charge is 0.481 e. The van der Waals surface area contributed by atoms with Crippen LogP contribution in [-0.2, 0) is 16.1 Å². The Kier molecular flexibility index (Phi) is 6.21. The van der Waals surface area contributed by atoms with E-state index in [9.17, 15) is 14.4 Å². The lowest BCUT2D eigenvalue weighted by Gasteiger charge is -2.09. The van der Waals surface area contributed by atoms with E-state index in [4.69, 9.17) is 5.11 Å². The Balaban J connectivity index is 2.17. The zero-order chi connectivity index (χ0) is 15.0. The van der Waals surface area contributed by atoms with Crippen LogP contribution in [0.2, 0.25) is 0 Å². The Bertz CT molecular complexity index is 458. The number of carbonyl (C=O) groups is 3. The lowest BCUT2D eigenvalue weighted by atomic mass is 10.0. The average molecular weight is 282 g/mol. The molecule has 110 valence electrons. The number of amides is 3. The summed E-state index contributed by atoms with van der Waals surface area (Å²) >= 11 is 0. The minimum Gasteiger partial charge on any atom is -0.481 e. The molecule has 1 aromatic rings. The topological polar surface area (TPSA) is 113 Å². The van der Waals surface area contributed by atoms with Crippen molar-refractivity contribution in [3.05, 3.63) is 18.5 Å². The van der Waals surface area contributed by atoms with E-state index < -0.39 is 17.9 Å². The Morgan fingerprint density at radius 2 is 2.10 bits per heavy atom. The fourth-order valence-electron chi connectivity index (χ4n) is 1.63. The molecule has 0 aromatic carbocycles. The molecule has 0 saturated carbocycles. The monoisotopic (exact) mass is 282 g/mol. The number of urea groups is 1. The maximum absolute atomic E-state index is 11.5. The summed E-state index contributed by atoms with van der Waals surface area (Å²) in [6.45, 7) is 2.48. The van der Waals surface area contributed by atoms with Crippen molar-refractivity contribution in [1.29, 1.82) is 0 Å². The van der Waals surface area contributed by atoms with E-state index in [1.54, 1.807) is 30.1 Å². The molecule has 1 aromatic heterocycles. The van der Waals surface area contributed by atoms with Gasteiger partial charge in [-0.3, -0.25) is 19.6 Å². The highest BCUT2D eigenvalue weighted by Crippen LogP contribution is 2.06. The van der Waals surface area contributed by atoms with Crippen LogP contribution in [0.1, 0.15) is 19.8 Å². The van der Waals surface area contributed by atoms with Gasteiger partial charge < -0.3 is 10.4 Å². The lowest BCUT2D eigenvalue weighted by molar-refractivity contribution is -0.138. The van der Waals surface area contributed by atoms with Crippen LogP contribution in [0.3, 0.4) is 0 Å². The van der Waals surface area contributed by atoms with Crippen molar-refractivity contribution in [3.8, 4) is 0 Å². The van der Waals surface area contributed by atoms with Crippen LogP contribution < -0.4 is 10.6 Å². The van der Waals surface area contributed by atoms with Gasteiger partial charge in [0.2, 0.25) is 5.91 Å². The summed E-state index contributed by atoms with van der Waals surface area (Å²) in [5.74, 6) is -1.77. The van der Waals surface area contributed by atoms with Gasteiger partial charge in [-0.2, -0.15) is 5.10 Å². The fourth-order valence-corrected chi connectivity index (χ4v) is 1.63. The number of rotatable bonds is 7. The van der Waals surface area contributed by atoms with Gasteiger partial charge in [0.1, 0.15) is 0 Å². The second kappa shape index (κ2) is 7.93. The number of carbonyl (C=O) groups excluding carboxylic acids is 2. The smallest absolute Gasteiger partial charge is 0.321 e. The van der Waals surface area contributed by atoms with Gasteiger partial charge in [-0.05, 0) is 12.0 Å². The summed E-state index contributed by atoms with van der Waals surface area (Å²) in [5, 5.41) is 17.2. The maximum atomic E-state index is 11.5. The third kappa shape index (κ3) is 6.53. The van der Waals surface area contributed by atoms with Gasteiger partial charge in [0.25, 0.3) is 0 Å². The van der Waals surface area contributed by atoms with Crippen LogP contribution in [-0.4, -0.2) is 39.3 Å². The van der Waals surface area contributed by atoms with Gasteiger partial charge in [-0.1, -0.05) is 6.92 Å². The lowest BCUT2D eigenvalue weighted by Crippen LogP contribution is -2.41. The summed E-state index contributed by atoms with van der Waals surface area (Å²) in [6.07, 6.45) is 3.29. The first-order valence-electron chi connectivity index (χ1n) is 6.24. The highest BCUT2D eigenvalue weighted by molar-refractivity contribution is 5.94. The zero-order valence-corrected chi connectivity index (χ0v) is 11.2. The van der Waals surface area contributed by atoms with E-state index in [2.05, 4.69) is 15.7 Å². The normalized spacial score (nSPS) is 11.7. The Labute approximate surface area is 116 Å². The quantitative estimate of drug-likeness (QED) is 0.661. The van der Waals surface area contributed by atoms with Crippen molar-refractivity contribution < 1.29 is 19.5 Å². The van der Waals surface area contributed by atoms with E-state index in [-0.39, 0.29) is 18.8 Å². The van der Waals surface area contributed by atoms with Gasteiger partial charge in [-0.15, -0.1) is 0 Å². The van der Waals surface area contributed by atoms with E-state index in [1.165, 1.54) is 0 Å². The molecule has 8 nitrogen and oxygen atoms in total. The Morgan fingerprint density at radius 3 is 2.70 bits per heavy atom. The van der Waals surface area contributed by atoms with Crippen LogP contribution in [0.4, 0.5) is 4.79 Å². The van der Waals surface area contributed by atoms with Crippen molar-refractivity contribution in [3.63, 3.8) is 0 Å². The molecule has 0 aliphatic rings. The highest BCUT2D eigenvalue weighted by atomic mass is 16.4. The van der Waals surface area contributed by atoms with Crippen molar-refractivity contribution in [2.75, 3.05) is 6.54 Å². The van der Waals surface area contributed by atoms with Gasteiger partial charge in [-0.25, -0.2) is 4.79 Å². The van der Waals surface area contributed by atoms with E-state index in [0.29, 0.717) is 13.1 Å². The molecule has 1 rings (SSSR count). The van der Waals surface area contributed by atoms with Crippen LogP contribution in [0.15, 0.2) is 18.5 Å². The summed E-state index contributed by atoms with van der Waals surface area (Å²) in [4.78, 5) is 33.3. The number of hydrogen-bond acceptors (Lipinski definition) is 4. The van der Waals surface area contributed by atoms with Gasteiger partial charge >= 0.3 is 12.0 Å². The highest BCUT2D eigenvalue weighted by Gasteiger charge is 2.14. The predicted molar refractivity (Wildman–Crippen MR) is 69.8 cm³/mol. The molecule has 0 bridgehead atoms. The van der Waals surface area contributed by atoms with Crippen molar-refractivity contribution in [2.24, 2.45) is 5.92 Å². The van der Waals surface area contributed by atoms with E-state index >= 15 is 0 Å². The SMILES string of the molecule is CC(CC(=O)O)CC(=O)NC(=O)NCCn1cccn1. The summed E-state index contributed by atoms with van der Waals surface area (Å²) in [6, 6.07) is 1.18. The van der Waals surface area contributed by atoms with Crippen molar-refractivity contribution in [2.45, 2.75) is 26.3 Å². The summed E-state index contributed by atoms with van der Waals surface area (Å²) in [5.41, 5.74) is 0. The number of aromatic nitrogens is 2. The average Bonchev–Trinajstić information content (AvgIpc) is 2.80. The van der Waals surface area contributed by atoms with Crippen LogP contribution >= 0.6 is 0 Å². The second-order valence-electron chi connectivity index (χ2n) is 4.48. The molecule has 8 heteroatoms. The van der Waals surface area contributed by atoms with Gasteiger partial charge in [0.05, 0.1) is 6.54 Å². The molecule has 20 heavy (non-hydrogen) atoms. The number of aliphatic carboxylic acids is 1. The van der Waals surface area contributed by atoms with Crippen LogP contribution in [0.5, 0.6) is 0 Å². The van der Waals surface area contributed by atoms with Crippen LogP contribution in [0.25, 0.3) is 0 Å². The van der Waals surface area contributed by atoms with Crippen LogP contribution in [0, 0.1) is 5.92 Å². The summed E-state index contributed by atoms with van der Waals surface area (Å²) in [7, 11) is 0. The minimum absolute atomic E-state index is 0.00111. The maximum Gasteiger partial charge on any atom is 0.321 e. The number of imide groups is 1. The molecule has 0 radical (unpaired) electrons. The van der Waals surface area contributed by atoms with Crippen molar-refractivity contribution >= 4 is 17.9 Å². The molecule has 0 aliphatic carbocycles. The second-order valence-corrected chi connectivity index (χ2v) is 4.48. The molecule has 3 N–H and O–H groups in total. The first-order valence-corrected chi connectivity index (χ1v) is 6.24. The van der Waals surface area contributed by atoms with Crippen molar-refractivity contribution in [1.82, 2.24) is 20.4 Å². The molecule has 3 amide bonds. The molecular formula is C12H18N4O4. The fraction of sp³-hybridized carbons (Fsp3) is 0.500. The Morgan fingerprint density at radius 1 is 1.35 bits per heavy atom. The molecule has 0 fully saturated rings. The standard InChI is InChI=1S/C12H18N4O4/c1-9(8-11(18)19)7-10(17)15-12(20)13-4-6-16-5-2-3-14-16/h2-3,5,9H,4,6-8H2,1H3,(H,18,19)(H2,13,15,17,20). The summed E-state index contributed by atoms with van der Waals surface area (Å²) < 4.78 is 1.65. The van der Waals surface area contributed by atoms with Gasteiger partial charge in [0.15, 0.2) is 0 Å². The predicted octanol–water partition coefficient (Wildman–Crippen LogP) is 0.210. The minimum atomic E-state index is -0.964. The molecule has 1 heterocycles. The zero-order valence-electron chi connectivity index (χ0n) is 11.2. The first-order chi connectivity index (χ1) is 9.47. The molecule has 1 atom stereocenters. The number of nitrogens with zero attached hydrogens (tertiary/aromatic N) is 2. The number of hydrogen-bond donors (Lipinski definition) is 3. The third-order valence-corrected chi connectivity index (χ3v) is 2.50. The molecule has 0 aliphatic heterocycles. The number of carboxylic acid groups (broad SMARTS) is 1. The molecule has 1 unspecified atom stereocenters. The molecular weight excluding hydrogens is 264 g/mol. The third-order valence-electron chi connectivity index (χ3n) is 2.50. The molecule has 0 saturated heterocycles. The van der Waals surface area contributed by atoms with E-state index in [1.807, 2.05) is 0 Å². The number of carboxylic acids is 1. The number of nitrogens with one attached hydrogen (secondary N) is 2. The first kappa shape index (κ1) is 15.7. The Hall–Kier alpha value is -2.38. The van der Waals surface area contributed by atoms with Gasteiger partial charge in [0, 0.05) is 31.8 Å². The van der Waals surface area contributed by atoms with E-state index in [0.717, 1.165) is 0 Å². The molecule has 0 spiro atoms.